The standard InChI is InChI=1S/C10H19N3O2.ClH/c1-6(2)8-9(14)12-4-5-13(8)10(15)7(3)11;/h6-8H,4-5,11H2,1-3H3,(H,12,14);1H/t7-,8?;/m0./s1. The molecule has 0 bridgehead atoms. The third kappa shape index (κ3) is 3.09. The van der Waals surface area contributed by atoms with Gasteiger partial charge in [0.25, 0.3) is 0 Å². The molecule has 16 heavy (non-hydrogen) atoms. The number of carbonyl (C=O) groups excluding carboxylic acids is 2. The Kier molecular flexibility index (Phi) is 5.75. The van der Waals surface area contributed by atoms with Gasteiger partial charge in [-0.3, -0.25) is 9.59 Å². The fraction of sp³-hybridized carbons (Fsp3) is 0.800. The van der Waals surface area contributed by atoms with E-state index in [1.807, 2.05) is 13.8 Å². The number of piperazine rings is 1. The quantitative estimate of drug-likeness (QED) is 0.708. The lowest BCUT2D eigenvalue weighted by atomic mass is 9.99. The molecule has 0 spiro atoms. The number of carbonyl (C=O) groups is 2. The minimum absolute atomic E-state index is 0. The zero-order valence-electron chi connectivity index (χ0n) is 9.90. The Balaban J connectivity index is 0.00000225. The Morgan fingerprint density at radius 1 is 1.50 bits per heavy atom. The second kappa shape index (κ2) is 6.06. The van der Waals surface area contributed by atoms with Crippen molar-refractivity contribution in [1.82, 2.24) is 10.2 Å². The van der Waals surface area contributed by atoms with Crippen molar-refractivity contribution in [2.24, 2.45) is 11.7 Å². The summed E-state index contributed by atoms with van der Waals surface area (Å²) in [5, 5.41) is 2.76. The van der Waals surface area contributed by atoms with Crippen LogP contribution < -0.4 is 11.1 Å². The first kappa shape index (κ1) is 15.2. The monoisotopic (exact) mass is 249 g/mol. The molecule has 0 radical (unpaired) electrons. The number of nitrogens with one attached hydrogen (secondary N) is 1. The summed E-state index contributed by atoms with van der Waals surface area (Å²) in [6, 6.07) is -0.922. The summed E-state index contributed by atoms with van der Waals surface area (Å²) in [6.07, 6.45) is 0. The van der Waals surface area contributed by atoms with Crippen LogP contribution in [0.5, 0.6) is 0 Å². The normalized spacial score (nSPS) is 22.4. The van der Waals surface area contributed by atoms with Gasteiger partial charge in [-0.2, -0.15) is 0 Å². The molecule has 5 nitrogen and oxygen atoms in total. The van der Waals surface area contributed by atoms with Crippen molar-refractivity contribution in [2.75, 3.05) is 13.1 Å². The summed E-state index contributed by atoms with van der Waals surface area (Å²) in [5.74, 6) is -0.123. The molecular formula is C10H20ClN3O2. The minimum Gasteiger partial charge on any atom is -0.353 e. The Hall–Kier alpha value is -0.810. The van der Waals surface area contributed by atoms with E-state index in [1.54, 1.807) is 11.8 Å². The first-order valence-corrected chi connectivity index (χ1v) is 5.29. The van der Waals surface area contributed by atoms with Crippen molar-refractivity contribution in [3.63, 3.8) is 0 Å². The summed E-state index contributed by atoms with van der Waals surface area (Å²) in [4.78, 5) is 25.0. The fourth-order valence-electron chi connectivity index (χ4n) is 1.86. The minimum atomic E-state index is -0.544. The van der Waals surface area contributed by atoms with E-state index in [4.69, 9.17) is 5.73 Å². The zero-order valence-corrected chi connectivity index (χ0v) is 10.7. The average molecular weight is 250 g/mol. The molecule has 0 aromatic carbocycles. The molecular weight excluding hydrogens is 230 g/mol. The second-order valence-corrected chi connectivity index (χ2v) is 4.30. The second-order valence-electron chi connectivity index (χ2n) is 4.30. The Morgan fingerprint density at radius 2 is 2.06 bits per heavy atom. The molecule has 1 fully saturated rings. The molecule has 1 aliphatic rings. The van der Waals surface area contributed by atoms with Crippen molar-refractivity contribution in [2.45, 2.75) is 32.9 Å². The highest BCUT2D eigenvalue weighted by Gasteiger charge is 2.35. The summed E-state index contributed by atoms with van der Waals surface area (Å²) < 4.78 is 0. The lowest BCUT2D eigenvalue weighted by Crippen LogP contribution is -2.61. The number of nitrogens with zero attached hydrogens (tertiary/aromatic N) is 1. The van der Waals surface area contributed by atoms with Crippen LogP contribution in [0.15, 0.2) is 0 Å². The molecule has 0 aromatic rings. The third-order valence-corrected chi connectivity index (χ3v) is 2.56. The average Bonchev–Trinajstić information content (AvgIpc) is 2.15. The topological polar surface area (TPSA) is 75.4 Å². The SMILES string of the molecule is CC(C)C1C(=O)NCCN1C(=O)[C@H](C)N.Cl. The van der Waals surface area contributed by atoms with Crippen molar-refractivity contribution in [1.29, 1.82) is 0 Å². The highest BCUT2D eigenvalue weighted by molar-refractivity contribution is 5.90. The van der Waals surface area contributed by atoms with Crippen LogP contribution in [0.25, 0.3) is 0 Å². The van der Waals surface area contributed by atoms with Gasteiger partial charge >= 0.3 is 0 Å². The van der Waals surface area contributed by atoms with Crippen molar-refractivity contribution >= 4 is 24.2 Å². The van der Waals surface area contributed by atoms with Crippen LogP contribution in [0.2, 0.25) is 0 Å². The first-order chi connectivity index (χ1) is 6.95. The van der Waals surface area contributed by atoms with Crippen LogP contribution in [-0.2, 0) is 9.59 Å². The Labute approximate surface area is 102 Å². The van der Waals surface area contributed by atoms with Crippen LogP contribution in [0, 0.1) is 5.92 Å². The van der Waals surface area contributed by atoms with E-state index in [9.17, 15) is 9.59 Å². The van der Waals surface area contributed by atoms with Gasteiger partial charge in [0.05, 0.1) is 6.04 Å². The predicted molar refractivity (Wildman–Crippen MR) is 64.2 cm³/mol. The molecule has 94 valence electrons. The Bertz CT molecular complexity index is 269. The molecule has 1 unspecified atom stereocenters. The highest BCUT2D eigenvalue weighted by atomic mass is 35.5. The molecule has 2 amide bonds. The smallest absolute Gasteiger partial charge is 0.243 e. The number of nitrogens with two attached hydrogens (primary N) is 1. The van der Waals surface area contributed by atoms with Gasteiger partial charge in [-0.1, -0.05) is 13.8 Å². The van der Waals surface area contributed by atoms with Crippen molar-refractivity contribution < 1.29 is 9.59 Å². The van der Waals surface area contributed by atoms with Gasteiger partial charge in [0, 0.05) is 13.1 Å². The van der Waals surface area contributed by atoms with Crippen LogP contribution in [0.4, 0.5) is 0 Å². The van der Waals surface area contributed by atoms with Gasteiger partial charge in [0.15, 0.2) is 0 Å². The molecule has 6 heteroatoms. The van der Waals surface area contributed by atoms with Crippen LogP contribution in [0.1, 0.15) is 20.8 Å². The number of rotatable bonds is 2. The summed E-state index contributed by atoms with van der Waals surface area (Å²) in [5.41, 5.74) is 5.55. The van der Waals surface area contributed by atoms with Gasteiger partial charge in [-0.15, -0.1) is 12.4 Å². The maximum Gasteiger partial charge on any atom is 0.243 e. The number of hydrogen-bond donors (Lipinski definition) is 2. The fourth-order valence-corrected chi connectivity index (χ4v) is 1.86. The molecule has 1 aliphatic heterocycles. The number of hydrogen-bond acceptors (Lipinski definition) is 3. The molecule has 2 atom stereocenters. The van der Waals surface area contributed by atoms with Gasteiger partial charge in [0.1, 0.15) is 6.04 Å². The molecule has 0 aliphatic carbocycles. The van der Waals surface area contributed by atoms with Crippen molar-refractivity contribution in [3.05, 3.63) is 0 Å². The lowest BCUT2D eigenvalue weighted by molar-refractivity contribution is -0.145. The van der Waals surface area contributed by atoms with Gasteiger partial charge in [0.2, 0.25) is 11.8 Å². The van der Waals surface area contributed by atoms with Crippen LogP contribution in [0.3, 0.4) is 0 Å². The van der Waals surface area contributed by atoms with E-state index in [0.29, 0.717) is 13.1 Å². The van der Waals surface area contributed by atoms with E-state index < -0.39 is 6.04 Å². The molecule has 1 heterocycles. The predicted octanol–water partition coefficient (Wildman–Crippen LogP) is -0.262. The molecule has 1 saturated heterocycles. The first-order valence-electron chi connectivity index (χ1n) is 5.29. The number of amides is 2. The maximum absolute atomic E-state index is 11.8. The lowest BCUT2D eigenvalue weighted by Gasteiger charge is -2.38. The maximum atomic E-state index is 11.8. The van der Waals surface area contributed by atoms with E-state index in [2.05, 4.69) is 5.32 Å². The summed E-state index contributed by atoms with van der Waals surface area (Å²) >= 11 is 0. The molecule has 3 N–H and O–H groups in total. The van der Waals surface area contributed by atoms with Crippen LogP contribution >= 0.6 is 12.4 Å². The molecule has 0 aromatic heterocycles. The zero-order chi connectivity index (χ0) is 11.6. The largest absolute Gasteiger partial charge is 0.353 e. The van der Waals surface area contributed by atoms with Crippen LogP contribution in [-0.4, -0.2) is 41.9 Å². The summed E-state index contributed by atoms with van der Waals surface area (Å²) in [6.45, 7) is 6.57. The van der Waals surface area contributed by atoms with Crippen molar-refractivity contribution in [3.8, 4) is 0 Å². The molecule has 1 rings (SSSR count). The third-order valence-electron chi connectivity index (χ3n) is 2.56. The van der Waals surface area contributed by atoms with Gasteiger partial charge < -0.3 is 16.0 Å². The highest BCUT2D eigenvalue weighted by Crippen LogP contribution is 2.14. The van der Waals surface area contributed by atoms with E-state index in [-0.39, 0.29) is 36.2 Å². The van der Waals surface area contributed by atoms with E-state index in [0.717, 1.165) is 0 Å². The van der Waals surface area contributed by atoms with E-state index in [1.165, 1.54) is 0 Å². The number of halogens is 1. The Morgan fingerprint density at radius 3 is 2.50 bits per heavy atom. The molecule has 0 saturated carbocycles. The van der Waals surface area contributed by atoms with Gasteiger partial charge in [-0.25, -0.2) is 0 Å². The summed E-state index contributed by atoms with van der Waals surface area (Å²) in [7, 11) is 0. The van der Waals surface area contributed by atoms with E-state index >= 15 is 0 Å². The van der Waals surface area contributed by atoms with Gasteiger partial charge in [-0.05, 0) is 12.8 Å².